The van der Waals surface area contributed by atoms with Gasteiger partial charge in [-0.25, -0.2) is 4.79 Å². The Hall–Kier alpha value is -3.36. The van der Waals surface area contributed by atoms with Crippen molar-refractivity contribution in [1.82, 2.24) is 15.1 Å². The molecule has 1 N–H and O–H groups in total. The van der Waals surface area contributed by atoms with E-state index >= 15 is 0 Å². The van der Waals surface area contributed by atoms with Crippen LogP contribution in [0.25, 0.3) is 6.08 Å². The summed E-state index contributed by atoms with van der Waals surface area (Å²) in [4.78, 5) is 52.5. The number of rotatable bonds is 8. The van der Waals surface area contributed by atoms with E-state index in [4.69, 9.17) is 9.47 Å². The number of esters is 1. The maximum Gasteiger partial charge on any atom is 0.328 e. The Morgan fingerprint density at radius 3 is 2.37 bits per heavy atom. The maximum atomic E-state index is 12.8. The van der Waals surface area contributed by atoms with Gasteiger partial charge in [0.15, 0.2) is 0 Å². The molecule has 1 aromatic carbocycles. The topological polar surface area (TPSA) is 105 Å². The van der Waals surface area contributed by atoms with Gasteiger partial charge in [-0.2, -0.15) is 0 Å². The number of piperidine rings is 1. The zero-order chi connectivity index (χ0) is 25.4. The lowest BCUT2D eigenvalue weighted by molar-refractivity contribution is -0.147. The van der Waals surface area contributed by atoms with Crippen molar-refractivity contribution in [2.24, 2.45) is 5.41 Å². The van der Waals surface area contributed by atoms with Gasteiger partial charge >= 0.3 is 5.97 Å². The number of nitrogens with zero attached hydrogens (tertiary/aromatic N) is 2. The van der Waals surface area contributed by atoms with Gasteiger partial charge in [-0.05, 0) is 43.7 Å². The molecule has 0 aliphatic carbocycles. The first-order chi connectivity index (χ1) is 16.8. The number of hydrogen-bond donors (Lipinski definition) is 1. The molecule has 2 saturated heterocycles. The molecule has 35 heavy (non-hydrogen) atoms. The number of ether oxygens (including phenoxy) is 2. The maximum absolute atomic E-state index is 12.8. The number of carbonyl (C=O) groups is 4. The first kappa shape index (κ1) is 26.2. The van der Waals surface area contributed by atoms with Crippen LogP contribution in [0.1, 0.15) is 45.1 Å². The monoisotopic (exact) mass is 485 g/mol. The highest BCUT2D eigenvalue weighted by Crippen LogP contribution is 2.40. The highest BCUT2D eigenvalue weighted by molar-refractivity contribution is 5.92. The molecule has 0 aromatic heterocycles. The lowest BCUT2D eigenvalue weighted by atomic mass is 9.78. The Labute approximate surface area is 206 Å². The molecule has 2 heterocycles. The van der Waals surface area contributed by atoms with Crippen LogP contribution in [0.15, 0.2) is 30.3 Å². The van der Waals surface area contributed by atoms with E-state index in [0.29, 0.717) is 32.8 Å². The molecule has 3 rings (SSSR count). The van der Waals surface area contributed by atoms with Crippen LogP contribution >= 0.6 is 0 Å². The summed E-state index contributed by atoms with van der Waals surface area (Å²) in [6.45, 7) is 6.25. The Bertz CT molecular complexity index is 968. The van der Waals surface area contributed by atoms with Gasteiger partial charge in [0.1, 0.15) is 11.8 Å². The number of carbonyl (C=O) groups excluding carboxylic acids is 4. The van der Waals surface area contributed by atoms with Crippen LogP contribution in [0.2, 0.25) is 0 Å². The zero-order valence-electron chi connectivity index (χ0n) is 20.7. The lowest BCUT2D eigenvalue weighted by Crippen LogP contribution is -2.46. The SMILES string of the molecule is CCOc1ccccc1C=CC(=O)N1CCC2(CC1)CCN(C(=O)CC(NC(C)=O)C(=O)OC)C2. The molecule has 1 unspecified atom stereocenters. The van der Waals surface area contributed by atoms with Crippen molar-refractivity contribution in [3.8, 4) is 5.75 Å². The van der Waals surface area contributed by atoms with E-state index in [1.54, 1.807) is 17.1 Å². The van der Waals surface area contributed by atoms with E-state index < -0.39 is 17.9 Å². The fourth-order valence-corrected chi connectivity index (χ4v) is 4.81. The average molecular weight is 486 g/mol. The first-order valence-electron chi connectivity index (χ1n) is 12.1. The van der Waals surface area contributed by atoms with Gasteiger partial charge in [-0.1, -0.05) is 18.2 Å². The second-order valence-corrected chi connectivity index (χ2v) is 9.18. The number of likely N-dealkylation sites (tertiary alicyclic amines) is 2. The Balaban J connectivity index is 1.53. The Morgan fingerprint density at radius 2 is 1.74 bits per heavy atom. The third kappa shape index (κ3) is 6.83. The van der Waals surface area contributed by atoms with E-state index in [2.05, 4.69) is 5.32 Å². The molecule has 0 bridgehead atoms. The molecule has 1 aromatic rings. The highest BCUT2D eigenvalue weighted by Gasteiger charge is 2.43. The number of methoxy groups -OCH3 is 1. The summed E-state index contributed by atoms with van der Waals surface area (Å²) in [7, 11) is 1.23. The summed E-state index contributed by atoms with van der Waals surface area (Å²) in [5.41, 5.74) is 0.845. The third-order valence-corrected chi connectivity index (χ3v) is 6.79. The van der Waals surface area contributed by atoms with Gasteiger partial charge in [0.05, 0.1) is 20.1 Å². The van der Waals surface area contributed by atoms with Crippen LogP contribution in [0.5, 0.6) is 5.75 Å². The van der Waals surface area contributed by atoms with Crippen molar-refractivity contribution in [3.05, 3.63) is 35.9 Å². The van der Waals surface area contributed by atoms with E-state index in [1.807, 2.05) is 36.1 Å². The summed E-state index contributed by atoms with van der Waals surface area (Å²) >= 11 is 0. The molecule has 3 amide bonds. The van der Waals surface area contributed by atoms with Crippen molar-refractivity contribution in [2.75, 3.05) is 39.9 Å². The molecular weight excluding hydrogens is 450 g/mol. The summed E-state index contributed by atoms with van der Waals surface area (Å²) in [5.74, 6) is -0.487. The lowest BCUT2D eigenvalue weighted by Gasteiger charge is -2.39. The zero-order valence-corrected chi connectivity index (χ0v) is 20.7. The number of amides is 3. The van der Waals surface area contributed by atoms with Crippen molar-refractivity contribution in [2.45, 2.75) is 45.6 Å². The number of hydrogen-bond acceptors (Lipinski definition) is 6. The summed E-state index contributed by atoms with van der Waals surface area (Å²) in [5, 5.41) is 2.49. The van der Waals surface area contributed by atoms with Crippen LogP contribution in [0.4, 0.5) is 0 Å². The molecule has 2 fully saturated rings. The van der Waals surface area contributed by atoms with Gasteiger partial charge in [0, 0.05) is 44.7 Å². The molecule has 2 aliphatic heterocycles. The van der Waals surface area contributed by atoms with Gasteiger partial charge in [0.25, 0.3) is 0 Å². The third-order valence-electron chi connectivity index (χ3n) is 6.79. The number of benzene rings is 1. The van der Waals surface area contributed by atoms with Gasteiger partial charge in [-0.3, -0.25) is 14.4 Å². The molecule has 2 aliphatic rings. The minimum atomic E-state index is -0.985. The predicted octanol–water partition coefficient (Wildman–Crippen LogP) is 2.01. The summed E-state index contributed by atoms with van der Waals surface area (Å²) < 4.78 is 10.3. The fraction of sp³-hybridized carbons (Fsp3) is 0.538. The first-order valence-corrected chi connectivity index (χ1v) is 12.1. The quantitative estimate of drug-likeness (QED) is 0.446. The minimum absolute atomic E-state index is 0.0213. The smallest absolute Gasteiger partial charge is 0.328 e. The average Bonchev–Trinajstić information content (AvgIpc) is 3.26. The van der Waals surface area contributed by atoms with E-state index in [0.717, 1.165) is 30.6 Å². The molecule has 190 valence electrons. The Morgan fingerprint density at radius 1 is 1.09 bits per heavy atom. The molecule has 9 nitrogen and oxygen atoms in total. The van der Waals surface area contributed by atoms with Crippen molar-refractivity contribution in [3.63, 3.8) is 0 Å². The van der Waals surface area contributed by atoms with E-state index in [-0.39, 0.29) is 23.7 Å². The highest BCUT2D eigenvalue weighted by atomic mass is 16.5. The number of para-hydroxylation sites is 1. The van der Waals surface area contributed by atoms with Gasteiger partial charge in [0.2, 0.25) is 17.7 Å². The normalized spacial score (nSPS) is 17.9. The number of nitrogens with one attached hydrogen (secondary N) is 1. The van der Waals surface area contributed by atoms with Crippen LogP contribution in [0.3, 0.4) is 0 Å². The summed E-state index contributed by atoms with van der Waals surface area (Å²) in [6, 6.07) is 6.63. The predicted molar refractivity (Wildman–Crippen MR) is 130 cm³/mol. The van der Waals surface area contributed by atoms with E-state index in [1.165, 1.54) is 14.0 Å². The second kappa shape index (κ2) is 11.9. The van der Waals surface area contributed by atoms with Crippen molar-refractivity contribution < 1.29 is 28.7 Å². The van der Waals surface area contributed by atoms with Gasteiger partial charge in [-0.15, -0.1) is 0 Å². The molecular formula is C26H35N3O6. The largest absolute Gasteiger partial charge is 0.493 e. The van der Waals surface area contributed by atoms with Crippen LogP contribution in [0, 0.1) is 5.41 Å². The fourth-order valence-electron chi connectivity index (χ4n) is 4.81. The molecule has 1 spiro atoms. The van der Waals surface area contributed by atoms with Crippen LogP contribution in [-0.2, 0) is 23.9 Å². The molecule has 9 heteroatoms. The van der Waals surface area contributed by atoms with E-state index in [9.17, 15) is 19.2 Å². The Kier molecular flexibility index (Phi) is 8.89. The van der Waals surface area contributed by atoms with Crippen LogP contribution in [-0.4, -0.2) is 79.4 Å². The minimum Gasteiger partial charge on any atom is -0.493 e. The summed E-state index contributed by atoms with van der Waals surface area (Å²) in [6.07, 6.45) is 5.76. The van der Waals surface area contributed by atoms with Crippen LogP contribution < -0.4 is 10.1 Å². The molecule has 0 saturated carbocycles. The van der Waals surface area contributed by atoms with Crippen molar-refractivity contribution in [1.29, 1.82) is 0 Å². The second-order valence-electron chi connectivity index (χ2n) is 9.18. The van der Waals surface area contributed by atoms with Crippen molar-refractivity contribution >= 4 is 29.8 Å². The molecule has 1 atom stereocenters. The molecule has 0 radical (unpaired) electrons. The van der Waals surface area contributed by atoms with Gasteiger partial charge < -0.3 is 24.6 Å². The standard InChI is InChI=1S/C26H35N3O6/c1-4-35-22-8-6-5-7-20(22)9-10-23(31)28-14-11-26(12-15-28)13-16-29(18-26)24(32)17-21(25(33)34-3)27-19(2)30/h5-10,21H,4,11-18H2,1-3H3,(H,27,30).